The molecule has 3 heterocycles. The van der Waals surface area contributed by atoms with Crippen LogP contribution in [0, 0.1) is 17.5 Å². The van der Waals surface area contributed by atoms with Gasteiger partial charge in [0.1, 0.15) is 35.6 Å². The summed E-state index contributed by atoms with van der Waals surface area (Å²) in [5.41, 5.74) is 0.385. The number of halogens is 3. The smallest absolute Gasteiger partial charge is 0.194 e. The summed E-state index contributed by atoms with van der Waals surface area (Å²) in [7, 11) is 0. The number of nitrogens with zero attached hydrogens (tertiary/aromatic N) is 4. The molecule has 0 unspecified atom stereocenters. The van der Waals surface area contributed by atoms with E-state index in [1.807, 2.05) is 0 Å². The molecule has 0 amide bonds. The van der Waals surface area contributed by atoms with Gasteiger partial charge in [0, 0.05) is 18.4 Å². The molecule has 190 valence electrons. The van der Waals surface area contributed by atoms with Crippen LogP contribution in [0.1, 0.15) is 51.0 Å². The monoisotopic (exact) mass is 496 g/mol. The van der Waals surface area contributed by atoms with Crippen molar-refractivity contribution >= 4 is 5.71 Å². The van der Waals surface area contributed by atoms with E-state index < -0.39 is 54.5 Å². The average molecular weight is 496 g/mol. The molecule has 12 heteroatoms. The van der Waals surface area contributed by atoms with Crippen molar-refractivity contribution in [3.05, 3.63) is 35.8 Å². The SMILES string of the molecule is OC[C@H]1O[C@H](CC2=NOC3(CCCCC3)C2)[C@H](O)[C@@H](n2cc(-c3cc(F)c(F)c(F)c3)nn2)[C@H]1O. The third-order valence-electron chi connectivity index (χ3n) is 7.18. The lowest BCUT2D eigenvalue weighted by atomic mass is 9.80. The van der Waals surface area contributed by atoms with Crippen LogP contribution < -0.4 is 0 Å². The molecular weight excluding hydrogens is 469 g/mol. The highest BCUT2D eigenvalue weighted by Crippen LogP contribution is 2.40. The summed E-state index contributed by atoms with van der Waals surface area (Å²) in [6.07, 6.45) is 2.83. The molecule has 3 aliphatic rings. The highest BCUT2D eigenvalue weighted by Gasteiger charge is 2.48. The average Bonchev–Trinajstić information content (AvgIpc) is 3.47. The number of rotatable bonds is 5. The molecule has 3 N–H and O–H groups in total. The van der Waals surface area contributed by atoms with Crippen molar-refractivity contribution in [3.8, 4) is 11.3 Å². The molecule has 1 aromatic carbocycles. The molecule has 35 heavy (non-hydrogen) atoms. The maximum Gasteiger partial charge on any atom is 0.194 e. The number of hydrogen-bond acceptors (Lipinski definition) is 8. The van der Waals surface area contributed by atoms with Crippen LogP contribution in [-0.2, 0) is 9.57 Å². The minimum atomic E-state index is -1.60. The molecule has 5 rings (SSSR count). The summed E-state index contributed by atoms with van der Waals surface area (Å²) in [6.45, 7) is -0.510. The molecule has 2 aliphatic heterocycles. The quantitative estimate of drug-likeness (QED) is 0.543. The minimum Gasteiger partial charge on any atom is -0.394 e. The van der Waals surface area contributed by atoms with Gasteiger partial charge in [0.2, 0.25) is 0 Å². The van der Waals surface area contributed by atoms with Crippen molar-refractivity contribution in [2.45, 2.75) is 81.0 Å². The lowest BCUT2D eigenvalue weighted by Gasteiger charge is -2.42. The standard InChI is InChI=1S/C23H27F3N4O5/c24-14-6-12(7-15(25)19(14)26)16-10-30(29-27-16)20-21(32)17(34-18(11-31)22(20)33)8-13-9-23(35-28-13)4-2-1-3-5-23/h6-7,10,17-18,20-22,31-33H,1-5,8-9,11H2/t17-,18-,20-,21+,22+/m1/s1. The van der Waals surface area contributed by atoms with E-state index in [0.717, 1.165) is 48.2 Å². The van der Waals surface area contributed by atoms with Crippen LogP contribution in [0.5, 0.6) is 0 Å². The maximum absolute atomic E-state index is 13.7. The Labute approximate surface area is 199 Å². The summed E-state index contributed by atoms with van der Waals surface area (Å²) in [5, 5.41) is 43.7. The number of ether oxygens (including phenoxy) is 1. The fourth-order valence-electron chi connectivity index (χ4n) is 5.32. The van der Waals surface area contributed by atoms with Gasteiger partial charge in [-0.25, -0.2) is 17.9 Å². The van der Waals surface area contributed by atoms with Gasteiger partial charge >= 0.3 is 0 Å². The van der Waals surface area contributed by atoms with E-state index in [-0.39, 0.29) is 23.3 Å². The third kappa shape index (κ3) is 4.55. The lowest BCUT2D eigenvalue weighted by Crippen LogP contribution is -2.56. The van der Waals surface area contributed by atoms with E-state index in [1.165, 1.54) is 12.6 Å². The summed E-state index contributed by atoms with van der Waals surface area (Å²) < 4.78 is 47.6. The zero-order chi connectivity index (χ0) is 24.7. The molecule has 1 saturated carbocycles. The first kappa shape index (κ1) is 24.2. The van der Waals surface area contributed by atoms with Gasteiger partial charge < -0.3 is 24.9 Å². The number of aromatic nitrogens is 3. The Morgan fingerprint density at radius 1 is 1.03 bits per heavy atom. The van der Waals surface area contributed by atoms with Crippen LogP contribution in [-0.4, -0.2) is 72.6 Å². The first-order chi connectivity index (χ1) is 16.8. The highest BCUT2D eigenvalue weighted by atomic mass is 19.2. The van der Waals surface area contributed by atoms with Crippen molar-refractivity contribution in [1.29, 1.82) is 0 Å². The van der Waals surface area contributed by atoms with Gasteiger partial charge in [-0.3, -0.25) is 0 Å². The Hall–Kier alpha value is -2.54. The predicted octanol–water partition coefficient (Wildman–Crippen LogP) is 2.25. The topological polar surface area (TPSA) is 122 Å². The first-order valence-electron chi connectivity index (χ1n) is 11.7. The van der Waals surface area contributed by atoms with Crippen molar-refractivity contribution < 1.29 is 38.1 Å². The van der Waals surface area contributed by atoms with E-state index in [0.29, 0.717) is 6.42 Å². The number of aliphatic hydroxyl groups excluding tert-OH is 3. The molecule has 9 nitrogen and oxygen atoms in total. The van der Waals surface area contributed by atoms with Crippen LogP contribution in [0.2, 0.25) is 0 Å². The Bertz CT molecular complexity index is 1080. The van der Waals surface area contributed by atoms with Gasteiger partial charge in [-0.15, -0.1) is 5.10 Å². The van der Waals surface area contributed by atoms with Crippen molar-refractivity contribution in [3.63, 3.8) is 0 Å². The summed E-state index contributed by atoms with van der Waals surface area (Å²) in [6, 6.07) is 0.485. The van der Waals surface area contributed by atoms with Crippen LogP contribution in [0.4, 0.5) is 13.2 Å². The van der Waals surface area contributed by atoms with E-state index in [1.54, 1.807) is 0 Å². The van der Waals surface area contributed by atoms with E-state index >= 15 is 0 Å². The molecule has 0 bridgehead atoms. The highest BCUT2D eigenvalue weighted by molar-refractivity contribution is 5.86. The number of benzene rings is 1. The molecule has 2 aromatic rings. The Kier molecular flexibility index (Phi) is 6.55. The van der Waals surface area contributed by atoms with Gasteiger partial charge in [-0.2, -0.15) is 0 Å². The molecule has 5 atom stereocenters. The summed E-state index contributed by atoms with van der Waals surface area (Å²) in [5.74, 6) is -4.35. The van der Waals surface area contributed by atoms with Crippen LogP contribution in [0.15, 0.2) is 23.5 Å². The van der Waals surface area contributed by atoms with E-state index in [2.05, 4.69) is 15.5 Å². The first-order valence-corrected chi connectivity index (χ1v) is 11.7. The van der Waals surface area contributed by atoms with Gasteiger partial charge in [-0.1, -0.05) is 16.8 Å². The molecular formula is C23H27F3N4O5. The third-order valence-corrected chi connectivity index (χ3v) is 7.18. The van der Waals surface area contributed by atoms with Crippen molar-refractivity contribution in [1.82, 2.24) is 15.0 Å². The zero-order valence-corrected chi connectivity index (χ0v) is 18.9. The summed E-state index contributed by atoms with van der Waals surface area (Å²) >= 11 is 0. The largest absolute Gasteiger partial charge is 0.394 e. The van der Waals surface area contributed by atoms with Crippen LogP contribution >= 0.6 is 0 Å². The number of aliphatic hydroxyl groups is 3. The maximum atomic E-state index is 13.7. The minimum absolute atomic E-state index is 0.0126. The Morgan fingerprint density at radius 3 is 2.40 bits per heavy atom. The number of oxime groups is 1. The van der Waals surface area contributed by atoms with E-state index in [9.17, 15) is 28.5 Å². The molecule has 1 saturated heterocycles. The molecule has 1 aliphatic carbocycles. The predicted molar refractivity (Wildman–Crippen MR) is 116 cm³/mol. The van der Waals surface area contributed by atoms with Crippen LogP contribution in [0.3, 0.4) is 0 Å². The molecule has 1 spiro atoms. The Morgan fingerprint density at radius 2 is 1.71 bits per heavy atom. The fraction of sp³-hybridized carbons (Fsp3) is 0.609. The lowest BCUT2D eigenvalue weighted by molar-refractivity contribution is -0.203. The second-order valence-electron chi connectivity index (χ2n) is 9.58. The molecule has 2 fully saturated rings. The second-order valence-corrected chi connectivity index (χ2v) is 9.58. The zero-order valence-electron chi connectivity index (χ0n) is 18.9. The normalized spacial score (nSPS) is 30.3. The van der Waals surface area contributed by atoms with E-state index in [4.69, 9.17) is 9.57 Å². The fourth-order valence-corrected chi connectivity index (χ4v) is 5.32. The van der Waals surface area contributed by atoms with Crippen molar-refractivity contribution in [2.24, 2.45) is 5.16 Å². The van der Waals surface area contributed by atoms with Gasteiger partial charge in [0.25, 0.3) is 0 Å². The van der Waals surface area contributed by atoms with Gasteiger partial charge in [0.15, 0.2) is 17.5 Å². The molecule has 1 aromatic heterocycles. The molecule has 0 radical (unpaired) electrons. The Balaban J connectivity index is 1.36. The second kappa shape index (κ2) is 9.49. The van der Waals surface area contributed by atoms with Crippen molar-refractivity contribution in [2.75, 3.05) is 6.61 Å². The van der Waals surface area contributed by atoms with Gasteiger partial charge in [-0.05, 0) is 37.8 Å². The number of hydrogen-bond donors (Lipinski definition) is 3. The van der Waals surface area contributed by atoms with Gasteiger partial charge in [0.05, 0.1) is 24.6 Å². The summed E-state index contributed by atoms with van der Waals surface area (Å²) in [4.78, 5) is 5.77. The van der Waals surface area contributed by atoms with Crippen LogP contribution in [0.25, 0.3) is 11.3 Å².